The van der Waals surface area contributed by atoms with E-state index in [4.69, 9.17) is 4.74 Å². The van der Waals surface area contributed by atoms with Gasteiger partial charge >= 0.3 is 0 Å². The summed E-state index contributed by atoms with van der Waals surface area (Å²) >= 11 is 0. The van der Waals surface area contributed by atoms with Gasteiger partial charge in [-0.25, -0.2) is 0 Å². The van der Waals surface area contributed by atoms with Gasteiger partial charge < -0.3 is 9.84 Å². The Kier molecular flexibility index (Phi) is 3.83. The van der Waals surface area contributed by atoms with Crippen LogP contribution in [0, 0.1) is 0 Å². The van der Waals surface area contributed by atoms with E-state index in [1.54, 1.807) is 13.0 Å². The van der Waals surface area contributed by atoms with Gasteiger partial charge in [-0.2, -0.15) is 0 Å². The second-order valence-corrected chi connectivity index (χ2v) is 3.10. The number of rotatable bonds is 4. The predicted molar refractivity (Wildman–Crippen MR) is 59.8 cm³/mol. The van der Waals surface area contributed by atoms with E-state index < -0.39 is 0 Å². The third-order valence-corrected chi connectivity index (χ3v) is 2.22. The molecule has 0 saturated heterocycles. The smallest absolute Gasteiger partial charge is 0.168 e. The molecule has 1 rings (SSSR count). The van der Waals surface area contributed by atoms with Gasteiger partial charge in [0, 0.05) is 5.57 Å². The maximum Gasteiger partial charge on any atom is 0.168 e. The minimum atomic E-state index is -0.220. The summed E-state index contributed by atoms with van der Waals surface area (Å²) in [5.41, 5.74) is 1.06. The average Bonchev–Trinajstić information content (AvgIpc) is 2.32. The van der Waals surface area contributed by atoms with Crippen molar-refractivity contribution in [1.29, 1.82) is 0 Å². The molecule has 0 aliphatic heterocycles. The van der Waals surface area contributed by atoms with Crippen LogP contribution in [0.5, 0.6) is 11.5 Å². The summed E-state index contributed by atoms with van der Waals surface area (Å²) in [5.74, 6) is -0.0524. The Morgan fingerprint density at radius 2 is 2.06 bits per heavy atom. The molecule has 0 heterocycles. The molecule has 0 amide bonds. The van der Waals surface area contributed by atoms with Crippen LogP contribution < -0.4 is 4.74 Å². The lowest BCUT2D eigenvalue weighted by Crippen LogP contribution is -1.93. The fraction of sp³-hybridized carbons (Fsp3) is 0.167. The first-order valence-electron chi connectivity index (χ1n) is 4.66. The van der Waals surface area contributed by atoms with E-state index >= 15 is 0 Å². The second kappa shape index (κ2) is 5.11. The van der Waals surface area contributed by atoms with Crippen LogP contribution in [0.2, 0.25) is 0 Å². The Morgan fingerprint density at radius 3 is 2.50 bits per heavy atom. The molecule has 0 aliphatic carbocycles. The number of carbonyl (C=O) groups excluding carboxylic acids is 2. The van der Waals surface area contributed by atoms with E-state index in [-0.39, 0.29) is 17.1 Å². The van der Waals surface area contributed by atoms with Crippen molar-refractivity contribution < 1.29 is 19.4 Å². The molecular formula is C12H12O4. The molecule has 0 unspecified atom stereocenters. The summed E-state index contributed by atoms with van der Waals surface area (Å²) < 4.78 is 4.92. The van der Waals surface area contributed by atoms with Crippen molar-refractivity contribution in [2.75, 3.05) is 7.11 Å². The minimum Gasteiger partial charge on any atom is -0.504 e. The van der Waals surface area contributed by atoms with Crippen molar-refractivity contribution in [3.63, 3.8) is 0 Å². The van der Waals surface area contributed by atoms with Crippen LogP contribution in [0.1, 0.15) is 22.8 Å². The van der Waals surface area contributed by atoms with E-state index in [0.29, 0.717) is 23.7 Å². The molecule has 1 aromatic rings. The Bertz CT molecular complexity index is 447. The summed E-state index contributed by atoms with van der Waals surface area (Å²) in [7, 11) is 1.38. The third-order valence-electron chi connectivity index (χ3n) is 2.22. The normalized spacial score (nSPS) is 11.0. The zero-order valence-electron chi connectivity index (χ0n) is 9.06. The van der Waals surface area contributed by atoms with Crippen molar-refractivity contribution in [2.24, 2.45) is 0 Å². The molecule has 0 radical (unpaired) electrons. The van der Waals surface area contributed by atoms with Gasteiger partial charge in [0.05, 0.1) is 12.7 Å². The molecule has 0 saturated carbocycles. The fourth-order valence-electron chi connectivity index (χ4n) is 1.34. The van der Waals surface area contributed by atoms with Gasteiger partial charge in [0.15, 0.2) is 17.8 Å². The molecule has 0 aromatic heterocycles. The molecule has 4 nitrogen and oxygen atoms in total. The Labute approximate surface area is 93.2 Å². The molecule has 4 heteroatoms. The van der Waals surface area contributed by atoms with Crippen LogP contribution in [0.4, 0.5) is 0 Å². The van der Waals surface area contributed by atoms with Crippen LogP contribution in [0.3, 0.4) is 0 Å². The monoisotopic (exact) mass is 220 g/mol. The number of carbonyl (C=O) groups is 2. The number of benzene rings is 1. The zero-order chi connectivity index (χ0) is 12.1. The van der Waals surface area contributed by atoms with Crippen molar-refractivity contribution in [3.8, 4) is 11.5 Å². The predicted octanol–water partition coefficient (Wildman–Crippen LogP) is 1.82. The van der Waals surface area contributed by atoms with Gasteiger partial charge in [-0.15, -0.1) is 0 Å². The van der Waals surface area contributed by atoms with E-state index in [2.05, 4.69) is 0 Å². The van der Waals surface area contributed by atoms with Crippen LogP contribution in [0.25, 0.3) is 5.57 Å². The fourth-order valence-corrected chi connectivity index (χ4v) is 1.34. The molecule has 16 heavy (non-hydrogen) atoms. The molecule has 84 valence electrons. The first kappa shape index (κ1) is 12.0. The first-order chi connectivity index (χ1) is 7.67. The first-order valence-corrected chi connectivity index (χ1v) is 4.66. The lowest BCUT2D eigenvalue weighted by molar-refractivity contribution is -0.103. The van der Waals surface area contributed by atoms with Crippen molar-refractivity contribution in [3.05, 3.63) is 29.3 Å². The highest BCUT2D eigenvalue weighted by atomic mass is 16.5. The number of hydrogen-bond donors (Lipinski definition) is 1. The van der Waals surface area contributed by atoms with E-state index in [9.17, 15) is 14.7 Å². The van der Waals surface area contributed by atoms with Crippen LogP contribution >= 0.6 is 0 Å². The number of hydrogen-bond acceptors (Lipinski definition) is 4. The summed E-state index contributed by atoms with van der Waals surface area (Å²) in [4.78, 5) is 21.5. The van der Waals surface area contributed by atoms with Gasteiger partial charge in [-0.05, 0) is 24.6 Å². The number of phenolic OH excluding ortho intramolecular Hbond substituents is 1. The van der Waals surface area contributed by atoms with Gasteiger partial charge in [0.1, 0.15) is 6.29 Å². The van der Waals surface area contributed by atoms with Crippen LogP contribution in [0.15, 0.2) is 18.2 Å². The Morgan fingerprint density at radius 1 is 1.38 bits per heavy atom. The number of ether oxygens (including phenoxy) is 1. The Hall–Kier alpha value is -2.10. The SMILES string of the molecule is C/C=C(\C=O)c1cc(C=O)c(O)c(OC)c1. The van der Waals surface area contributed by atoms with Crippen LogP contribution in [-0.4, -0.2) is 24.8 Å². The summed E-state index contributed by atoms with van der Waals surface area (Å²) in [6.07, 6.45) is 2.81. The molecule has 1 aromatic carbocycles. The third kappa shape index (κ3) is 2.11. The number of aromatic hydroxyl groups is 1. The highest BCUT2D eigenvalue weighted by Crippen LogP contribution is 2.32. The average molecular weight is 220 g/mol. The van der Waals surface area contributed by atoms with Crippen molar-refractivity contribution in [2.45, 2.75) is 6.92 Å². The molecule has 0 spiro atoms. The van der Waals surface area contributed by atoms with E-state index in [1.165, 1.54) is 19.2 Å². The van der Waals surface area contributed by atoms with Gasteiger partial charge in [0.2, 0.25) is 0 Å². The summed E-state index contributed by atoms with van der Waals surface area (Å²) in [5, 5.41) is 9.58. The van der Waals surface area contributed by atoms with Crippen molar-refractivity contribution in [1.82, 2.24) is 0 Å². The van der Waals surface area contributed by atoms with Gasteiger partial charge in [0.25, 0.3) is 0 Å². The minimum absolute atomic E-state index is 0.0931. The topological polar surface area (TPSA) is 63.6 Å². The number of allylic oxidation sites excluding steroid dienone is 2. The van der Waals surface area contributed by atoms with Crippen LogP contribution in [-0.2, 0) is 4.79 Å². The van der Waals surface area contributed by atoms with Gasteiger partial charge in [-0.3, -0.25) is 9.59 Å². The lowest BCUT2D eigenvalue weighted by atomic mass is 10.0. The Balaban J connectivity index is 3.43. The highest BCUT2D eigenvalue weighted by molar-refractivity contribution is 6.07. The summed E-state index contributed by atoms with van der Waals surface area (Å²) in [6.45, 7) is 1.71. The number of aldehydes is 2. The van der Waals surface area contributed by atoms with E-state index in [1.807, 2.05) is 0 Å². The molecule has 0 bridgehead atoms. The number of methoxy groups -OCH3 is 1. The lowest BCUT2D eigenvalue weighted by Gasteiger charge is -2.08. The maximum absolute atomic E-state index is 10.8. The second-order valence-electron chi connectivity index (χ2n) is 3.10. The molecule has 0 atom stereocenters. The quantitative estimate of drug-likeness (QED) is 0.621. The zero-order valence-corrected chi connectivity index (χ0v) is 9.06. The van der Waals surface area contributed by atoms with E-state index in [0.717, 1.165) is 0 Å². The molecule has 0 fully saturated rings. The molecular weight excluding hydrogens is 208 g/mol. The number of phenols is 1. The summed E-state index contributed by atoms with van der Waals surface area (Å²) in [6, 6.07) is 2.95. The maximum atomic E-state index is 10.8. The van der Waals surface area contributed by atoms with Crippen molar-refractivity contribution >= 4 is 18.1 Å². The molecule has 0 aliphatic rings. The highest BCUT2D eigenvalue weighted by Gasteiger charge is 2.11. The standard InChI is InChI=1S/C12H12O4/c1-3-8(6-13)9-4-10(7-14)12(15)11(5-9)16-2/h3-7,15H,1-2H3/b8-3+. The van der Waals surface area contributed by atoms with Gasteiger partial charge in [-0.1, -0.05) is 6.08 Å². The largest absolute Gasteiger partial charge is 0.504 e. The molecule has 1 N–H and O–H groups in total.